The molecule has 0 aliphatic rings. The van der Waals surface area contributed by atoms with Crippen molar-refractivity contribution >= 4 is 5.69 Å². The summed E-state index contributed by atoms with van der Waals surface area (Å²) < 4.78 is 6.67. The number of nitro benzene ring substituents is 1. The number of aromatic nitrogens is 2. The molecule has 2 aromatic rings. The summed E-state index contributed by atoms with van der Waals surface area (Å²) >= 11 is 0. The van der Waals surface area contributed by atoms with Crippen LogP contribution in [0.2, 0.25) is 0 Å². The summed E-state index contributed by atoms with van der Waals surface area (Å²) in [5, 5.41) is 15.2. The van der Waals surface area contributed by atoms with Crippen molar-refractivity contribution in [3.05, 3.63) is 51.8 Å². The first-order valence-electron chi connectivity index (χ1n) is 6.10. The molecule has 1 heterocycles. The van der Waals surface area contributed by atoms with Crippen LogP contribution in [0, 0.1) is 10.1 Å². The van der Waals surface area contributed by atoms with Gasteiger partial charge in [-0.25, -0.2) is 0 Å². The molecule has 0 spiro atoms. The molecule has 0 aliphatic heterocycles. The molecule has 0 amide bonds. The van der Waals surface area contributed by atoms with Gasteiger partial charge in [0.25, 0.3) is 0 Å². The largest absolute Gasteiger partial charge is 0.490 e. The van der Waals surface area contributed by atoms with Crippen LogP contribution in [-0.2, 0) is 6.54 Å². The first-order chi connectivity index (χ1) is 9.51. The van der Waals surface area contributed by atoms with Crippen LogP contribution >= 0.6 is 0 Å². The van der Waals surface area contributed by atoms with Gasteiger partial charge >= 0.3 is 5.69 Å². The lowest BCUT2D eigenvalue weighted by Crippen LogP contribution is -2.04. The van der Waals surface area contributed by atoms with Gasteiger partial charge in [-0.3, -0.25) is 14.8 Å². The molecule has 1 atom stereocenters. The number of methoxy groups -OCH3 is 1. The van der Waals surface area contributed by atoms with Crippen LogP contribution in [0.5, 0.6) is 5.75 Å². The third-order valence-electron chi connectivity index (χ3n) is 2.96. The molecule has 2 rings (SSSR count). The highest BCUT2D eigenvalue weighted by atomic mass is 16.6. The normalized spacial score (nSPS) is 12.2. The standard InChI is InChI=1S/C13H16N4O3/c1-9(14)11-6-15-16(8-11)7-10-3-4-13(20-2)12(5-10)17(18)19/h3-6,8-9H,7,14H2,1-2H3. The van der Waals surface area contributed by atoms with Crippen molar-refractivity contribution in [2.24, 2.45) is 5.73 Å². The van der Waals surface area contributed by atoms with E-state index in [-0.39, 0.29) is 17.5 Å². The van der Waals surface area contributed by atoms with E-state index in [1.165, 1.54) is 13.2 Å². The summed E-state index contributed by atoms with van der Waals surface area (Å²) in [6.07, 6.45) is 3.53. The molecule has 2 N–H and O–H groups in total. The lowest BCUT2D eigenvalue weighted by atomic mass is 10.2. The molecule has 1 unspecified atom stereocenters. The Morgan fingerprint density at radius 1 is 1.55 bits per heavy atom. The van der Waals surface area contributed by atoms with Crippen LogP contribution < -0.4 is 10.5 Å². The predicted octanol–water partition coefficient (Wildman–Crippen LogP) is 1.87. The zero-order valence-electron chi connectivity index (χ0n) is 11.3. The zero-order valence-corrected chi connectivity index (χ0v) is 11.3. The lowest BCUT2D eigenvalue weighted by Gasteiger charge is -2.05. The number of benzene rings is 1. The van der Waals surface area contributed by atoms with Crippen LogP contribution in [0.25, 0.3) is 0 Å². The van der Waals surface area contributed by atoms with Gasteiger partial charge in [0.05, 0.1) is 24.8 Å². The number of rotatable bonds is 5. The Hall–Kier alpha value is -2.41. The van der Waals surface area contributed by atoms with Gasteiger partial charge in [-0.15, -0.1) is 0 Å². The summed E-state index contributed by atoms with van der Waals surface area (Å²) in [4.78, 5) is 10.5. The first-order valence-corrected chi connectivity index (χ1v) is 6.10. The second kappa shape index (κ2) is 5.70. The lowest BCUT2D eigenvalue weighted by molar-refractivity contribution is -0.385. The fourth-order valence-electron chi connectivity index (χ4n) is 1.86. The van der Waals surface area contributed by atoms with Crippen LogP contribution in [-0.4, -0.2) is 21.8 Å². The maximum Gasteiger partial charge on any atom is 0.311 e. The number of hydrogen-bond donors (Lipinski definition) is 1. The molecule has 1 aromatic heterocycles. The van der Waals surface area contributed by atoms with E-state index in [1.807, 2.05) is 13.1 Å². The Bertz CT molecular complexity index is 622. The van der Waals surface area contributed by atoms with Crippen LogP contribution in [0.4, 0.5) is 5.69 Å². The minimum Gasteiger partial charge on any atom is -0.490 e. The Morgan fingerprint density at radius 2 is 2.30 bits per heavy atom. The average molecular weight is 276 g/mol. The van der Waals surface area contributed by atoms with E-state index in [0.29, 0.717) is 6.54 Å². The van der Waals surface area contributed by atoms with Crippen molar-refractivity contribution in [2.75, 3.05) is 7.11 Å². The highest BCUT2D eigenvalue weighted by Gasteiger charge is 2.15. The second-order valence-corrected chi connectivity index (χ2v) is 4.52. The van der Waals surface area contributed by atoms with E-state index in [2.05, 4.69) is 5.10 Å². The Morgan fingerprint density at radius 3 is 2.85 bits per heavy atom. The molecule has 0 bridgehead atoms. The van der Waals surface area contributed by atoms with Crippen molar-refractivity contribution in [2.45, 2.75) is 19.5 Å². The molecular weight excluding hydrogens is 260 g/mol. The van der Waals surface area contributed by atoms with E-state index in [0.717, 1.165) is 11.1 Å². The molecular formula is C13H16N4O3. The fraction of sp³-hybridized carbons (Fsp3) is 0.308. The van der Waals surface area contributed by atoms with Gasteiger partial charge in [0, 0.05) is 23.9 Å². The van der Waals surface area contributed by atoms with Crippen LogP contribution in [0.1, 0.15) is 24.1 Å². The number of nitro groups is 1. The van der Waals surface area contributed by atoms with Gasteiger partial charge in [-0.05, 0) is 18.6 Å². The second-order valence-electron chi connectivity index (χ2n) is 4.52. The molecule has 106 valence electrons. The van der Waals surface area contributed by atoms with Gasteiger partial charge < -0.3 is 10.5 Å². The smallest absolute Gasteiger partial charge is 0.311 e. The predicted molar refractivity (Wildman–Crippen MR) is 73.6 cm³/mol. The van der Waals surface area contributed by atoms with E-state index in [4.69, 9.17) is 10.5 Å². The third-order valence-corrected chi connectivity index (χ3v) is 2.96. The van der Waals surface area contributed by atoms with E-state index >= 15 is 0 Å². The van der Waals surface area contributed by atoms with E-state index < -0.39 is 4.92 Å². The molecule has 0 aliphatic carbocycles. The van der Waals surface area contributed by atoms with Gasteiger partial charge in [-0.2, -0.15) is 5.10 Å². The third kappa shape index (κ3) is 2.94. The van der Waals surface area contributed by atoms with Crippen molar-refractivity contribution in [1.29, 1.82) is 0 Å². The van der Waals surface area contributed by atoms with Gasteiger partial charge in [0.2, 0.25) is 0 Å². The minimum absolute atomic E-state index is 0.0513. The van der Waals surface area contributed by atoms with Crippen LogP contribution in [0.3, 0.4) is 0 Å². The number of ether oxygens (including phenoxy) is 1. The van der Waals surface area contributed by atoms with Crippen molar-refractivity contribution in [3.63, 3.8) is 0 Å². The highest BCUT2D eigenvalue weighted by molar-refractivity contribution is 5.48. The van der Waals surface area contributed by atoms with Gasteiger partial charge in [0.1, 0.15) is 0 Å². The SMILES string of the molecule is COc1ccc(Cn2cc(C(C)N)cn2)cc1[N+](=O)[O-]. The molecule has 0 radical (unpaired) electrons. The van der Waals surface area contributed by atoms with Crippen LogP contribution in [0.15, 0.2) is 30.6 Å². The molecule has 0 saturated heterocycles. The molecule has 7 heteroatoms. The minimum atomic E-state index is -0.460. The number of nitrogens with two attached hydrogens (primary N) is 1. The molecule has 0 saturated carbocycles. The molecule has 0 fully saturated rings. The molecule has 7 nitrogen and oxygen atoms in total. The molecule has 1 aromatic carbocycles. The maximum absolute atomic E-state index is 11.0. The first kappa shape index (κ1) is 14.0. The van der Waals surface area contributed by atoms with Crippen molar-refractivity contribution in [3.8, 4) is 5.75 Å². The number of hydrogen-bond acceptors (Lipinski definition) is 5. The Labute approximate surface area is 116 Å². The Kier molecular flexibility index (Phi) is 3.99. The van der Waals surface area contributed by atoms with E-state index in [1.54, 1.807) is 23.0 Å². The summed E-state index contributed by atoms with van der Waals surface area (Å²) in [5.41, 5.74) is 7.41. The van der Waals surface area contributed by atoms with Gasteiger partial charge in [-0.1, -0.05) is 6.07 Å². The monoisotopic (exact) mass is 276 g/mol. The maximum atomic E-state index is 11.0. The highest BCUT2D eigenvalue weighted by Crippen LogP contribution is 2.27. The average Bonchev–Trinajstić information content (AvgIpc) is 2.87. The topological polar surface area (TPSA) is 96.2 Å². The summed E-state index contributed by atoms with van der Waals surface area (Å²) in [6, 6.07) is 4.77. The summed E-state index contributed by atoms with van der Waals surface area (Å²) in [5.74, 6) is 0.246. The quantitative estimate of drug-likeness (QED) is 0.664. The Balaban J connectivity index is 2.24. The van der Waals surface area contributed by atoms with Gasteiger partial charge in [0.15, 0.2) is 5.75 Å². The van der Waals surface area contributed by atoms with Crippen molar-refractivity contribution in [1.82, 2.24) is 9.78 Å². The van der Waals surface area contributed by atoms with E-state index in [9.17, 15) is 10.1 Å². The number of nitrogens with zero attached hydrogens (tertiary/aromatic N) is 3. The fourth-order valence-corrected chi connectivity index (χ4v) is 1.86. The van der Waals surface area contributed by atoms with Crippen molar-refractivity contribution < 1.29 is 9.66 Å². The summed E-state index contributed by atoms with van der Waals surface area (Å²) in [7, 11) is 1.41. The zero-order chi connectivity index (χ0) is 14.7. The molecule has 20 heavy (non-hydrogen) atoms. The summed E-state index contributed by atoms with van der Waals surface area (Å²) in [6.45, 7) is 2.32.